The maximum Gasteiger partial charge on any atom is 0.306 e. The lowest BCUT2D eigenvalue weighted by molar-refractivity contribution is -0.150. The molecule has 0 aliphatic carbocycles. The van der Waals surface area contributed by atoms with Gasteiger partial charge in [0.15, 0.2) is 0 Å². The van der Waals surface area contributed by atoms with Crippen molar-refractivity contribution in [3.05, 3.63) is 0 Å². The van der Waals surface area contributed by atoms with Crippen LogP contribution in [0.25, 0.3) is 0 Å². The zero-order valence-corrected chi connectivity index (χ0v) is 34.7. The van der Waals surface area contributed by atoms with Crippen LogP contribution >= 0.6 is 0 Å². The molecular weight excluding hydrogens is 618 g/mol. The van der Waals surface area contributed by atoms with Gasteiger partial charge >= 0.3 is 11.9 Å². The zero-order valence-electron chi connectivity index (χ0n) is 34.7. The molecule has 1 atom stereocenters. The van der Waals surface area contributed by atoms with Gasteiger partial charge in [0.1, 0.15) is 6.10 Å². The van der Waals surface area contributed by atoms with E-state index in [1.54, 1.807) is 0 Å². The summed E-state index contributed by atoms with van der Waals surface area (Å²) in [5, 5.41) is 0. The smallest absolute Gasteiger partial charge is 0.306 e. The van der Waals surface area contributed by atoms with E-state index < -0.39 is 0 Å². The molecule has 0 aromatic carbocycles. The van der Waals surface area contributed by atoms with Crippen molar-refractivity contribution in [2.75, 3.05) is 26.2 Å². The van der Waals surface area contributed by atoms with E-state index in [-0.39, 0.29) is 18.0 Å². The van der Waals surface area contributed by atoms with Crippen molar-refractivity contribution in [1.29, 1.82) is 0 Å². The summed E-state index contributed by atoms with van der Waals surface area (Å²) in [5.74, 6) is 0.512. The molecular formula is C45H89NO4. The van der Waals surface area contributed by atoms with Crippen LogP contribution in [0.2, 0.25) is 0 Å². The minimum absolute atomic E-state index is 0.00818. The second-order valence-electron chi connectivity index (χ2n) is 15.7. The summed E-state index contributed by atoms with van der Waals surface area (Å²) in [4.78, 5) is 27.4. The predicted molar refractivity (Wildman–Crippen MR) is 217 cm³/mol. The van der Waals surface area contributed by atoms with Crippen molar-refractivity contribution in [3.8, 4) is 0 Å². The maximum atomic E-state index is 12.7. The fourth-order valence-electron chi connectivity index (χ4n) is 7.00. The van der Waals surface area contributed by atoms with Crippen molar-refractivity contribution in [2.24, 2.45) is 5.92 Å². The number of hydrogen-bond donors (Lipinski definition) is 0. The lowest BCUT2D eigenvalue weighted by Gasteiger charge is -2.20. The SMILES string of the molecule is CCCCCCCCC(CCCCCCCC)OC(=O)CCCCCCCN(CC)CCCCCCCC(=O)OCC(C)CCCCCCC. The highest BCUT2D eigenvalue weighted by Gasteiger charge is 2.14. The molecule has 0 aromatic rings. The monoisotopic (exact) mass is 708 g/mol. The third-order valence-electron chi connectivity index (χ3n) is 10.5. The first-order chi connectivity index (χ1) is 24.5. The summed E-state index contributed by atoms with van der Waals surface area (Å²) in [5.41, 5.74) is 0. The fourth-order valence-corrected chi connectivity index (χ4v) is 7.00. The number of nitrogens with zero attached hydrogens (tertiary/aromatic N) is 1. The van der Waals surface area contributed by atoms with Gasteiger partial charge in [0.25, 0.3) is 0 Å². The van der Waals surface area contributed by atoms with E-state index in [0.29, 0.717) is 25.4 Å². The standard InChI is InChI=1S/C45H89NO4/c1-6-10-13-16-21-28-35-43(36-29-22-17-14-11-7-2)50-45(48)38-31-24-19-26-33-40-46(9-4)39-32-25-18-23-30-37-44(47)49-41-42(5)34-27-20-15-12-8-3/h42-43H,6-41H2,1-5H3. The number of unbranched alkanes of at least 4 members (excludes halogenated alkanes) is 22. The Kier molecular flexibility index (Phi) is 38.3. The molecule has 0 aromatic heterocycles. The Balaban J connectivity index is 3.89. The first kappa shape index (κ1) is 48.9. The van der Waals surface area contributed by atoms with E-state index >= 15 is 0 Å². The molecule has 0 aliphatic rings. The number of carbonyl (C=O) groups is 2. The van der Waals surface area contributed by atoms with Crippen LogP contribution in [0.3, 0.4) is 0 Å². The van der Waals surface area contributed by atoms with Crippen molar-refractivity contribution in [1.82, 2.24) is 4.90 Å². The summed E-state index contributed by atoms with van der Waals surface area (Å²) in [6.07, 6.45) is 38.2. The van der Waals surface area contributed by atoms with Gasteiger partial charge in [0, 0.05) is 12.8 Å². The number of rotatable bonds is 40. The van der Waals surface area contributed by atoms with Gasteiger partial charge in [-0.3, -0.25) is 9.59 Å². The molecule has 0 aliphatic heterocycles. The minimum Gasteiger partial charge on any atom is -0.465 e. The van der Waals surface area contributed by atoms with Crippen LogP contribution in [-0.4, -0.2) is 49.2 Å². The molecule has 0 heterocycles. The Labute approximate surface area is 313 Å². The fraction of sp³-hybridized carbons (Fsp3) is 0.956. The van der Waals surface area contributed by atoms with Gasteiger partial charge in [-0.05, 0) is 83.3 Å². The topological polar surface area (TPSA) is 55.8 Å². The molecule has 1 unspecified atom stereocenters. The molecule has 50 heavy (non-hydrogen) atoms. The molecule has 0 spiro atoms. The molecule has 0 saturated heterocycles. The van der Waals surface area contributed by atoms with Crippen LogP contribution < -0.4 is 0 Å². The quantitative estimate of drug-likeness (QED) is 0.0469. The van der Waals surface area contributed by atoms with Crippen LogP contribution in [0.5, 0.6) is 0 Å². The van der Waals surface area contributed by atoms with Gasteiger partial charge < -0.3 is 14.4 Å². The molecule has 0 rings (SSSR count). The third-order valence-corrected chi connectivity index (χ3v) is 10.5. The van der Waals surface area contributed by atoms with Crippen molar-refractivity contribution in [2.45, 2.75) is 246 Å². The minimum atomic E-state index is -0.00818. The van der Waals surface area contributed by atoms with Crippen LogP contribution in [0.4, 0.5) is 0 Å². The Bertz CT molecular complexity index is 697. The number of hydrogen-bond acceptors (Lipinski definition) is 5. The molecule has 0 fully saturated rings. The maximum absolute atomic E-state index is 12.7. The van der Waals surface area contributed by atoms with E-state index in [2.05, 4.69) is 39.5 Å². The van der Waals surface area contributed by atoms with Crippen molar-refractivity contribution in [3.63, 3.8) is 0 Å². The normalized spacial score (nSPS) is 12.2. The Morgan fingerprint density at radius 2 is 0.840 bits per heavy atom. The summed E-state index contributed by atoms with van der Waals surface area (Å²) < 4.78 is 11.6. The number of esters is 2. The Morgan fingerprint density at radius 1 is 0.460 bits per heavy atom. The van der Waals surface area contributed by atoms with E-state index in [0.717, 1.165) is 45.1 Å². The first-order valence-corrected chi connectivity index (χ1v) is 22.5. The van der Waals surface area contributed by atoms with Crippen LogP contribution in [0.15, 0.2) is 0 Å². The average molecular weight is 708 g/mol. The summed E-state index contributed by atoms with van der Waals surface area (Å²) in [7, 11) is 0. The van der Waals surface area contributed by atoms with Gasteiger partial charge in [0.05, 0.1) is 6.61 Å². The van der Waals surface area contributed by atoms with Gasteiger partial charge in [-0.15, -0.1) is 0 Å². The molecule has 0 radical (unpaired) electrons. The molecule has 0 saturated carbocycles. The van der Waals surface area contributed by atoms with Gasteiger partial charge in [-0.1, -0.05) is 169 Å². The van der Waals surface area contributed by atoms with E-state index in [1.165, 1.54) is 167 Å². The molecule has 298 valence electrons. The van der Waals surface area contributed by atoms with Crippen LogP contribution in [0, 0.1) is 5.92 Å². The third kappa shape index (κ3) is 35.3. The van der Waals surface area contributed by atoms with Crippen molar-refractivity contribution < 1.29 is 19.1 Å². The second-order valence-corrected chi connectivity index (χ2v) is 15.7. The summed E-state index contributed by atoms with van der Waals surface area (Å²) in [6, 6.07) is 0. The predicted octanol–water partition coefficient (Wildman–Crippen LogP) is 13.9. The number of ether oxygens (including phenoxy) is 2. The lowest BCUT2D eigenvalue weighted by atomic mass is 10.0. The largest absolute Gasteiger partial charge is 0.465 e. The van der Waals surface area contributed by atoms with Crippen molar-refractivity contribution >= 4 is 11.9 Å². The highest BCUT2D eigenvalue weighted by atomic mass is 16.5. The number of carbonyl (C=O) groups excluding carboxylic acids is 2. The molecule has 5 nitrogen and oxygen atoms in total. The lowest BCUT2D eigenvalue weighted by Crippen LogP contribution is -2.25. The summed E-state index contributed by atoms with van der Waals surface area (Å²) >= 11 is 0. The molecule has 0 amide bonds. The average Bonchev–Trinajstić information content (AvgIpc) is 3.11. The van der Waals surface area contributed by atoms with E-state index in [4.69, 9.17) is 9.47 Å². The van der Waals surface area contributed by atoms with E-state index in [9.17, 15) is 9.59 Å². The van der Waals surface area contributed by atoms with E-state index in [1.807, 2.05) is 0 Å². The van der Waals surface area contributed by atoms with Gasteiger partial charge in [0.2, 0.25) is 0 Å². The first-order valence-electron chi connectivity index (χ1n) is 22.5. The summed E-state index contributed by atoms with van der Waals surface area (Å²) in [6.45, 7) is 15.3. The highest BCUT2D eigenvalue weighted by Crippen LogP contribution is 2.19. The van der Waals surface area contributed by atoms with Crippen LogP contribution in [-0.2, 0) is 19.1 Å². The Hall–Kier alpha value is -1.10. The zero-order chi connectivity index (χ0) is 36.8. The second kappa shape index (κ2) is 39.1. The highest BCUT2D eigenvalue weighted by molar-refractivity contribution is 5.69. The Morgan fingerprint density at radius 3 is 1.30 bits per heavy atom. The molecule has 0 bridgehead atoms. The van der Waals surface area contributed by atoms with Gasteiger partial charge in [-0.25, -0.2) is 0 Å². The molecule has 5 heteroatoms. The van der Waals surface area contributed by atoms with Crippen LogP contribution in [0.1, 0.15) is 240 Å². The van der Waals surface area contributed by atoms with Gasteiger partial charge in [-0.2, -0.15) is 0 Å². The molecule has 0 N–H and O–H groups in total.